The maximum atomic E-state index is 12.4. The zero-order valence-electron chi connectivity index (χ0n) is 36.1. The van der Waals surface area contributed by atoms with E-state index in [0.29, 0.717) is 43.4 Å². The van der Waals surface area contributed by atoms with E-state index in [1.807, 2.05) is 20.8 Å². The molecule has 2 fully saturated rings. The summed E-state index contributed by atoms with van der Waals surface area (Å²) in [7, 11) is 3.10. The van der Waals surface area contributed by atoms with Gasteiger partial charge < -0.3 is 64.8 Å². The second-order valence-corrected chi connectivity index (χ2v) is 16.8. The number of amides is 2. The van der Waals surface area contributed by atoms with Crippen molar-refractivity contribution in [3.63, 3.8) is 0 Å². The summed E-state index contributed by atoms with van der Waals surface area (Å²) in [5, 5.41) is 60.9. The minimum atomic E-state index is -1.28. The number of aliphatic hydroxyl groups is 4. The van der Waals surface area contributed by atoms with Gasteiger partial charge in [-0.25, -0.2) is 4.79 Å². The van der Waals surface area contributed by atoms with Crippen LogP contribution in [0, 0.1) is 22.0 Å². The lowest BCUT2D eigenvalue weighted by molar-refractivity contribution is -0.384. The van der Waals surface area contributed by atoms with Crippen LogP contribution >= 0.6 is 0 Å². The minimum absolute atomic E-state index is 0.0244. The molecule has 2 heterocycles. The van der Waals surface area contributed by atoms with Crippen LogP contribution in [0.5, 0.6) is 0 Å². The molecular formula is C41H66N4O15. The third-order valence-electron chi connectivity index (χ3n) is 10.7. The number of esters is 1. The first-order chi connectivity index (χ1) is 28.1. The van der Waals surface area contributed by atoms with Crippen LogP contribution < -0.4 is 16.0 Å². The fourth-order valence-corrected chi connectivity index (χ4v) is 7.13. The summed E-state index contributed by atoms with van der Waals surface area (Å²) in [6, 6.07) is 4.16. The summed E-state index contributed by atoms with van der Waals surface area (Å²) < 4.78 is 33.0. The number of aliphatic hydroxyl groups excluding tert-OH is 3. The van der Waals surface area contributed by atoms with E-state index < -0.39 is 89.2 Å². The minimum Gasteiger partial charge on any atom is -0.467 e. The predicted octanol–water partition coefficient (Wildman–Crippen LogP) is 2.70. The number of nitrogens with zero attached hydrogens (tertiary/aromatic N) is 1. The van der Waals surface area contributed by atoms with Gasteiger partial charge in [0.25, 0.3) is 5.69 Å². The van der Waals surface area contributed by atoms with Gasteiger partial charge in [0.1, 0.15) is 36.1 Å². The lowest BCUT2D eigenvalue weighted by Gasteiger charge is -2.48. The maximum absolute atomic E-state index is 12.4. The normalized spacial score (nSPS) is 30.9. The van der Waals surface area contributed by atoms with Crippen LogP contribution in [0.3, 0.4) is 0 Å². The second-order valence-electron chi connectivity index (χ2n) is 16.8. The van der Waals surface area contributed by atoms with Crippen LogP contribution in [-0.2, 0) is 44.6 Å². The van der Waals surface area contributed by atoms with Crippen LogP contribution in [0.25, 0.3) is 0 Å². The molecule has 1 saturated heterocycles. The number of rotatable bonds is 15. The van der Waals surface area contributed by atoms with Gasteiger partial charge in [-0.15, -0.1) is 0 Å². The van der Waals surface area contributed by atoms with Gasteiger partial charge in [0.05, 0.1) is 47.9 Å². The van der Waals surface area contributed by atoms with E-state index in [9.17, 15) is 44.9 Å². The Morgan fingerprint density at radius 1 is 1.07 bits per heavy atom. The van der Waals surface area contributed by atoms with Gasteiger partial charge in [0.15, 0.2) is 6.29 Å². The Morgan fingerprint density at radius 2 is 1.73 bits per heavy atom. The lowest BCUT2D eigenvalue weighted by atomic mass is 9.75. The van der Waals surface area contributed by atoms with Crippen molar-refractivity contribution in [2.24, 2.45) is 11.8 Å². The smallest absolute Gasteiger partial charge is 0.408 e. The topological polar surface area (TPSA) is 267 Å². The third-order valence-corrected chi connectivity index (χ3v) is 10.7. The first-order valence-corrected chi connectivity index (χ1v) is 20.4. The average Bonchev–Trinajstić information content (AvgIpc) is 3.17. The van der Waals surface area contributed by atoms with Crippen LogP contribution in [0.2, 0.25) is 0 Å². The van der Waals surface area contributed by atoms with Crippen LogP contribution in [0.1, 0.15) is 92.6 Å². The molecular weight excluding hydrogens is 788 g/mol. The monoisotopic (exact) mass is 854 g/mol. The first kappa shape index (κ1) is 50.4. The van der Waals surface area contributed by atoms with Crippen molar-refractivity contribution in [2.75, 3.05) is 20.8 Å². The van der Waals surface area contributed by atoms with E-state index in [-0.39, 0.29) is 37.2 Å². The molecule has 1 aromatic carbocycles. The molecule has 7 N–H and O–H groups in total. The van der Waals surface area contributed by atoms with Gasteiger partial charge in [-0.3, -0.25) is 19.7 Å². The third kappa shape index (κ3) is 14.9. The number of hydrogen-bond acceptors (Lipinski definition) is 16. The molecule has 2 amide bonds. The number of alkyl carbamates (subject to hydrolysis) is 1. The van der Waals surface area contributed by atoms with Crippen molar-refractivity contribution in [3.8, 4) is 0 Å². The van der Waals surface area contributed by atoms with Crippen molar-refractivity contribution in [3.05, 3.63) is 51.8 Å². The van der Waals surface area contributed by atoms with E-state index >= 15 is 0 Å². The fourth-order valence-electron chi connectivity index (χ4n) is 7.13. The molecule has 3 aliphatic rings. The van der Waals surface area contributed by atoms with Crippen molar-refractivity contribution >= 4 is 23.7 Å². The molecule has 4 rings (SSSR count). The molecule has 12 unspecified atom stereocenters. The quantitative estimate of drug-likeness (QED) is 0.0760. The summed E-state index contributed by atoms with van der Waals surface area (Å²) in [5.41, 5.74) is -1.26. The molecule has 0 bridgehead atoms. The molecule has 2 aliphatic heterocycles. The Balaban J connectivity index is 0.000000321. The lowest BCUT2D eigenvalue weighted by Crippen LogP contribution is -2.67. The Hall–Kier alpha value is -3.95. The highest BCUT2D eigenvalue weighted by Gasteiger charge is 2.50. The number of likely N-dealkylation sites (N-methyl/N-ethyl adjacent to an activating group) is 1. The first-order valence-electron chi connectivity index (χ1n) is 20.4. The fraction of sp³-hybridized carbons (Fsp3) is 0.732. The summed E-state index contributed by atoms with van der Waals surface area (Å²) >= 11 is 0. The van der Waals surface area contributed by atoms with Gasteiger partial charge in [-0.2, -0.15) is 0 Å². The standard InChI is InChI=1S/C21H28N2O8.C20H38N2O7/c1-21(2,3)31-20(25)22-17-11-9-16(30-19(17)28-4)10-12-18(24)29-13-14-5-7-15(8-6-14)23(26)27;1-6-7-13(23)18(26)22-12-8-10(2)11(3)14(24)16(12)29-19-15(25)17(21-5)20(4,27)9-28-19/h5-9,17,19H,10-13H2,1-4H3,(H,22,25);10-17,19,21,23-25,27H,6-9H2,1-5H3,(H,22,26). The highest BCUT2D eigenvalue weighted by Crippen LogP contribution is 2.35. The molecule has 0 aromatic heterocycles. The Kier molecular flexibility index (Phi) is 19.1. The van der Waals surface area contributed by atoms with Gasteiger partial charge in [-0.05, 0) is 89.6 Å². The number of nitro benzene ring substituents is 1. The van der Waals surface area contributed by atoms with Gasteiger partial charge >= 0.3 is 12.1 Å². The molecule has 19 heteroatoms. The zero-order valence-corrected chi connectivity index (χ0v) is 36.1. The number of benzene rings is 1. The van der Waals surface area contributed by atoms with E-state index in [0.717, 1.165) is 0 Å². The predicted molar refractivity (Wildman–Crippen MR) is 216 cm³/mol. The van der Waals surface area contributed by atoms with Gasteiger partial charge in [0, 0.05) is 25.7 Å². The highest BCUT2D eigenvalue weighted by molar-refractivity contribution is 5.80. The number of allylic oxidation sites excluding steroid dienone is 1. The summed E-state index contributed by atoms with van der Waals surface area (Å²) in [6.07, 6.45) is -2.10. The number of nitrogens with one attached hydrogen (secondary N) is 3. The van der Waals surface area contributed by atoms with E-state index in [2.05, 4.69) is 16.0 Å². The molecule has 0 radical (unpaired) electrons. The molecule has 19 nitrogen and oxygen atoms in total. The molecule has 12 atom stereocenters. The van der Waals surface area contributed by atoms with Gasteiger partial charge in [0.2, 0.25) is 12.2 Å². The summed E-state index contributed by atoms with van der Waals surface area (Å²) in [4.78, 5) is 46.5. The van der Waals surface area contributed by atoms with Gasteiger partial charge in [-0.1, -0.05) is 27.2 Å². The number of methoxy groups -OCH3 is 1. The Bertz CT molecular complexity index is 1590. The van der Waals surface area contributed by atoms with Crippen molar-refractivity contribution < 1.29 is 68.2 Å². The van der Waals surface area contributed by atoms with Crippen molar-refractivity contribution in [1.82, 2.24) is 16.0 Å². The van der Waals surface area contributed by atoms with E-state index in [1.54, 1.807) is 53.0 Å². The van der Waals surface area contributed by atoms with Crippen LogP contribution in [-0.4, -0.2) is 130 Å². The summed E-state index contributed by atoms with van der Waals surface area (Å²) in [5.74, 6) is -0.313. The number of carbonyl (C=O) groups is 3. The average molecular weight is 855 g/mol. The molecule has 1 aliphatic carbocycles. The second kappa shape index (κ2) is 22.8. The number of non-ortho nitro benzene ring substituents is 1. The number of hydrogen-bond donors (Lipinski definition) is 7. The Labute approximate surface area is 351 Å². The highest BCUT2D eigenvalue weighted by atomic mass is 16.7. The molecule has 1 aromatic rings. The summed E-state index contributed by atoms with van der Waals surface area (Å²) in [6.45, 7) is 12.6. The SMILES string of the molecule is CCCC(O)C(=O)NC1CC(C)C(C)C(O)C1OC1OCC(C)(O)C(NC)C1O.COC1OC(CCC(=O)OCc2ccc([N+](=O)[O-])cc2)=CCC1NC(=O)OC(C)(C)C. The van der Waals surface area contributed by atoms with E-state index in [4.69, 9.17) is 28.4 Å². The molecule has 0 spiro atoms. The Morgan fingerprint density at radius 3 is 2.32 bits per heavy atom. The van der Waals surface area contributed by atoms with Crippen molar-refractivity contribution in [2.45, 2.75) is 160 Å². The van der Waals surface area contributed by atoms with Crippen LogP contribution in [0.4, 0.5) is 10.5 Å². The number of carbonyl (C=O) groups excluding carboxylic acids is 3. The molecule has 340 valence electrons. The van der Waals surface area contributed by atoms with Crippen LogP contribution in [0.15, 0.2) is 36.1 Å². The van der Waals surface area contributed by atoms with Crippen molar-refractivity contribution in [1.29, 1.82) is 0 Å². The molecule has 1 saturated carbocycles. The zero-order chi connectivity index (χ0) is 44.9. The number of ether oxygens (including phenoxy) is 6. The van der Waals surface area contributed by atoms with E-state index in [1.165, 1.54) is 19.2 Å². The maximum Gasteiger partial charge on any atom is 0.408 e. The number of nitro groups is 1. The molecule has 60 heavy (non-hydrogen) atoms. The largest absolute Gasteiger partial charge is 0.467 e.